The second-order valence-corrected chi connectivity index (χ2v) is 5.30. The van der Waals surface area contributed by atoms with Crippen LogP contribution < -0.4 is 0 Å². The monoisotopic (exact) mass is 242 g/mol. The van der Waals surface area contributed by atoms with Crippen molar-refractivity contribution in [2.45, 2.75) is 53.0 Å². The van der Waals surface area contributed by atoms with Gasteiger partial charge in [-0.1, -0.05) is 13.3 Å². The molecule has 4 nitrogen and oxygen atoms in total. The lowest BCUT2D eigenvalue weighted by atomic mass is 10.1. The van der Waals surface area contributed by atoms with Gasteiger partial charge >= 0.3 is 11.8 Å². The van der Waals surface area contributed by atoms with Crippen LogP contribution in [0.2, 0.25) is 0 Å². The van der Waals surface area contributed by atoms with Crippen molar-refractivity contribution in [3.8, 4) is 0 Å². The zero-order valence-electron chi connectivity index (χ0n) is 12.0. The maximum absolute atomic E-state index is 12.1. The lowest BCUT2D eigenvalue weighted by Crippen LogP contribution is -2.51. The van der Waals surface area contributed by atoms with Gasteiger partial charge in [-0.2, -0.15) is 0 Å². The van der Waals surface area contributed by atoms with Crippen LogP contribution >= 0.6 is 0 Å². The van der Waals surface area contributed by atoms with E-state index in [1.165, 1.54) is 4.90 Å². The number of hydrogen-bond donors (Lipinski definition) is 0. The van der Waals surface area contributed by atoms with Gasteiger partial charge in [0.05, 0.1) is 0 Å². The molecule has 0 aromatic rings. The molecule has 0 radical (unpaired) electrons. The topological polar surface area (TPSA) is 40.6 Å². The second kappa shape index (κ2) is 6.62. The predicted octanol–water partition coefficient (Wildman–Crippen LogP) is 1.89. The first kappa shape index (κ1) is 15.9. The molecule has 0 unspecified atom stereocenters. The first-order valence-electron chi connectivity index (χ1n) is 6.32. The predicted molar refractivity (Wildman–Crippen MR) is 69.7 cm³/mol. The lowest BCUT2D eigenvalue weighted by Gasteiger charge is -2.35. The van der Waals surface area contributed by atoms with Gasteiger partial charge in [0.15, 0.2) is 0 Å². The van der Waals surface area contributed by atoms with E-state index in [-0.39, 0.29) is 5.54 Å². The summed E-state index contributed by atoms with van der Waals surface area (Å²) in [6, 6.07) is 0. The third-order valence-electron chi connectivity index (χ3n) is 2.75. The molecule has 0 aromatic carbocycles. The van der Waals surface area contributed by atoms with Crippen molar-refractivity contribution in [3.05, 3.63) is 0 Å². The SMILES string of the molecule is CCCCN(C)C(=O)C(=O)N(CC)C(C)(C)C. The standard InChI is InChI=1S/C13H26N2O2/c1-7-9-10-14(6)11(16)12(17)15(8-2)13(3,4)5/h7-10H2,1-6H3. The van der Waals surface area contributed by atoms with Crippen molar-refractivity contribution in [1.82, 2.24) is 9.80 Å². The van der Waals surface area contributed by atoms with Gasteiger partial charge in [-0.3, -0.25) is 9.59 Å². The minimum Gasteiger partial charge on any atom is -0.338 e. The highest BCUT2D eigenvalue weighted by atomic mass is 16.2. The Morgan fingerprint density at radius 3 is 1.94 bits per heavy atom. The molecule has 0 saturated heterocycles. The average molecular weight is 242 g/mol. The molecule has 0 aromatic heterocycles. The van der Waals surface area contributed by atoms with Crippen LogP contribution in [0.3, 0.4) is 0 Å². The first-order valence-corrected chi connectivity index (χ1v) is 6.32. The Morgan fingerprint density at radius 1 is 1.06 bits per heavy atom. The summed E-state index contributed by atoms with van der Waals surface area (Å²) in [6.45, 7) is 11.0. The molecule has 0 aliphatic heterocycles. The molecular formula is C13H26N2O2. The quantitative estimate of drug-likeness (QED) is 0.706. The van der Waals surface area contributed by atoms with Crippen molar-refractivity contribution in [2.75, 3.05) is 20.1 Å². The molecule has 0 atom stereocenters. The Hall–Kier alpha value is -1.06. The zero-order chi connectivity index (χ0) is 13.6. The molecule has 0 saturated carbocycles. The van der Waals surface area contributed by atoms with Gasteiger partial charge in [0.1, 0.15) is 0 Å². The fourth-order valence-corrected chi connectivity index (χ4v) is 1.70. The number of carbonyl (C=O) groups excluding carboxylic acids is 2. The van der Waals surface area contributed by atoms with Crippen LogP contribution in [0.1, 0.15) is 47.5 Å². The number of nitrogens with zero attached hydrogens (tertiary/aromatic N) is 2. The normalized spacial score (nSPS) is 11.2. The van der Waals surface area contributed by atoms with E-state index in [0.29, 0.717) is 13.1 Å². The van der Waals surface area contributed by atoms with Crippen LogP contribution in [0.15, 0.2) is 0 Å². The average Bonchev–Trinajstić information content (AvgIpc) is 2.23. The van der Waals surface area contributed by atoms with Crippen molar-refractivity contribution >= 4 is 11.8 Å². The number of amides is 2. The van der Waals surface area contributed by atoms with Crippen molar-refractivity contribution in [1.29, 1.82) is 0 Å². The molecule has 0 N–H and O–H groups in total. The smallest absolute Gasteiger partial charge is 0.312 e. The van der Waals surface area contributed by atoms with Gasteiger partial charge in [-0.15, -0.1) is 0 Å². The molecule has 17 heavy (non-hydrogen) atoms. The Morgan fingerprint density at radius 2 is 1.59 bits per heavy atom. The first-order chi connectivity index (χ1) is 7.75. The largest absolute Gasteiger partial charge is 0.338 e. The highest BCUT2D eigenvalue weighted by molar-refractivity contribution is 6.35. The van der Waals surface area contributed by atoms with Crippen molar-refractivity contribution in [2.24, 2.45) is 0 Å². The van der Waals surface area contributed by atoms with Crippen molar-refractivity contribution < 1.29 is 9.59 Å². The van der Waals surface area contributed by atoms with E-state index in [1.807, 2.05) is 27.7 Å². The molecule has 0 fully saturated rings. The van der Waals surface area contributed by atoms with E-state index in [9.17, 15) is 9.59 Å². The molecule has 0 heterocycles. The Labute approximate surface area is 105 Å². The molecule has 0 rings (SSSR count). The number of carbonyl (C=O) groups is 2. The molecule has 4 heteroatoms. The van der Waals surface area contributed by atoms with Gasteiger partial charge in [-0.05, 0) is 34.1 Å². The van der Waals surface area contributed by atoms with E-state index in [2.05, 4.69) is 6.92 Å². The summed E-state index contributed by atoms with van der Waals surface area (Å²) >= 11 is 0. The van der Waals surface area contributed by atoms with Crippen LogP contribution in [0.4, 0.5) is 0 Å². The van der Waals surface area contributed by atoms with Crippen LogP contribution in [0.5, 0.6) is 0 Å². The van der Waals surface area contributed by atoms with Crippen LogP contribution in [-0.2, 0) is 9.59 Å². The van der Waals surface area contributed by atoms with E-state index in [1.54, 1.807) is 11.9 Å². The van der Waals surface area contributed by atoms with E-state index < -0.39 is 11.8 Å². The fraction of sp³-hybridized carbons (Fsp3) is 0.846. The molecule has 0 aliphatic carbocycles. The van der Waals surface area contributed by atoms with E-state index in [4.69, 9.17) is 0 Å². The van der Waals surface area contributed by atoms with E-state index >= 15 is 0 Å². The number of hydrogen-bond acceptors (Lipinski definition) is 2. The van der Waals surface area contributed by atoms with Crippen LogP contribution in [-0.4, -0.2) is 47.3 Å². The number of rotatable bonds is 4. The molecule has 0 spiro atoms. The summed E-state index contributed by atoms with van der Waals surface area (Å²) in [4.78, 5) is 27.1. The number of likely N-dealkylation sites (N-methyl/N-ethyl adjacent to an activating group) is 2. The minimum atomic E-state index is -0.407. The molecule has 0 bridgehead atoms. The summed E-state index contributed by atoms with van der Waals surface area (Å²) in [5, 5.41) is 0. The maximum Gasteiger partial charge on any atom is 0.312 e. The van der Waals surface area contributed by atoms with Crippen molar-refractivity contribution in [3.63, 3.8) is 0 Å². The Kier molecular flexibility index (Phi) is 6.21. The van der Waals surface area contributed by atoms with Gasteiger partial charge < -0.3 is 9.80 Å². The third kappa shape index (κ3) is 4.75. The van der Waals surface area contributed by atoms with Crippen LogP contribution in [0, 0.1) is 0 Å². The minimum absolute atomic E-state index is 0.312. The van der Waals surface area contributed by atoms with Gasteiger partial charge in [-0.25, -0.2) is 0 Å². The summed E-state index contributed by atoms with van der Waals surface area (Å²) in [5.74, 6) is -0.811. The second-order valence-electron chi connectivity index (χ2n) is 5.30. The maximum atomic E-state index is 12.1. The third-order valence-corrected chi connectivity index (χ3v) is 2.75. The van der Waals surface area contributed by atoms with Gasteiger partial charge in [0.2, 0.25) is 0 Å². The molecular weight excluding hydrogens is 216 g/mol. The Balaban J connectivity index is 4.62. The van der Waals surface area contributed by atoms with E-state index in [0.717, 1.165) is 12.8 Å². The highest BCUT2D eigenvalue weighted by Crippen LogP contribution is 2.13. The highest BCUT2D eigenvalue weighted by Gasteiger charge is 2.31. The summed E-state index contributed by atoms with van der Waals surface area (Å²) in [6.07, 6.45) is 1.94. The zero-order valence-corrected chi connectivity index (χ0v) is 12.0. The fourth-order valence-electron chi connectivity index (χ4n) is 1.70. The van der Waals surface area contributed by atoms with Gasteiger partial charge in [0, 0.05) is 25.7 Å². The Bertz CT molecular complexity index is 269. The molecule has 100 valence electrons. The lowest BCUT2D eigenvalue weighted by molar-refractivity contribution is -0.153. The van der Waals surface area contributed by atoms with Gasteiger partial charge in [0.25, 0.3) is 0 Å². The summed E-state index contributed by atoms with van der Waals surface area (Å²) in [5.41, 5.74) is -0.312. The molecule has 0 aliphatic rings. The summed E-state index contributed by atoms with van der Waals surface area (Å²) < 4.78 is 0. The summed E-state index contributed by atoms with van der Waals surface area (Å²) in [7, 11) is 1.69. The number of unbranched alkanes of at least 4 members (excludes halogenated alkanes) is 1. The molecule has 2 amide bonds. The van der Waals surface area contributed by atoms with Crippen LogP contribution in [0.25, 0.3) is 0 Å².